The number of aromatic nitrogens is 3. The van der Waals surface area contributed by atoms with E-state index in [1.165, 1.54) is 23.3 Å². The zero-order chi connectivity index (χ0) is 19.5. The van der Waals surface area contributed by atoms with Gasteiger partial charge in [0.15, 0.2) is 5.82 Å². The van der Waals surface area contributed by atoms with Gasteiger partial charge in [-0.2, -0.15) is 10.1 Å². The van der Waals surface area contributed by atoms with E-state index in [4.69, 9.17) is 4.74 Å². The van der Waals surface area contributed by atoms with Crippen LogP contribution in [0.2, 0.25) is 0 Å². The fourth-order valence-corrected chi connectivity index (χ4v) is 3.62. The molecule has 1 aromatic heterocycles. The Hall–Kier alpha value is -3.06. The molecule has 0 fully saturated rings. The number of halogens is 1. The molecule has 28 heavy (non-hydrogen) atoms. The van der Waals surface area contributed by atoms with Crippen molar-refractivity contribution in [1.29, 1.82) is 0 Å². The van der Waals surface area contributed by atoms with E-state index < -0.39 is 0 Å². The highest BCUT2D eigenvalue weighted by Crippen LogP contribution is 2.38. The maximum absolute atomic E-state index is 13.4. The van der Waals surface area contributed by atoms with Crippen molar-refractivity contribution < 1.29 is 9.13 Å². The topological polar surface area (TPSA) is 63.2 Å². The molecule has 0 saturated carbocycles. The smallest absolute Gasteiger partial charge is 0.252 e. The number of methoxy groups -OCH3 is 1. The molecule has 1 aliphatic rings. The van der Waals surface area contributed by atoms with Gasteiger partial charge in [-0.3, -0.25) is 0 Å². The monoisotopic (exact) mass is 379 g/mol. The number of rotatable bonds is 6. The van der Waals surface area contributed by atoms with Crippen LogP contribution in [-0.2, 0) is 24.3 Å². The Balaban J connectivity index is 1.57. The number of hydrogen-bond acceptors (Lipinski definition) is 6. The lowest BCUT2D eigenvalue weighted by atomic mass is 10.0. The second kappa shape index (κ2) is 7.90. The van der Waals surface area contributed by atoms with Gasteiger partial charge in [-0.05, 0) is 48.2 Å². The lowest BCUT2D eigenvalue weighted by molar-refractivity contribution is 0.184. The van der Waals surface area contributed by atoms with E-state index in [2.05, 4.69) is 44.5 Å². The SMILES string of the molecule is COCc1cccc2c1CC(C)N2c1nncc(NCc2cccc(F)c2)n1. The summed E-state index contributed by atoms with van der Waals surface area (Å²) < 4.78 is 18.7. The molecule has 0 spiro atoms. The van der Waals surface area contributed by atoms with Crippen molar-refractivity contribution in [2.45, 2.75) is 32.5 Å². The molecular formula is C21H22FN5O. The number of fused-ring (bicyclic) bond motifs is 1. The van der Waals surface area contributed by atoms with E-state index in [1.807, 2.05) is 12.1 Å². The molecule has 2 aromatic carbocycles. The summed E-state index contributed by atoms with van der Waals surface area (Å²) in [6.07, 6.45) is 2.48. The molecule has 1 N–H and O–H groups in total. The summed E-state index contributed by atoms with van der Waals surface area (Å²) in [5, 5.41) is 11.6. The van der Waals surface area contributed by atoms with Crippen LogP contribution in [0.25, 0.3) is 0 Å². The summed E-state index contributed by atoms with van der Waals surface area (Å²) in [6, 6.07) is 12.9. The Bertz CT molecular complexity index is 981. The lowest BCUT2D eigenvalue weighted by Gasteiger charge is -2.22. The molecule has 0 bridgehead atoms. The van der Waals surface area contributed by atoms with Crippen LogP contribution in [0.5, 0.6) is 0 Å². The molecule has 2 heterocycles. The second-order valence-corrected chi connectivity index (χ2v) is 6.90. The van der Waals surface area contributed by atoms with Gasteiger partial charge in [0.05, 0.1) is 12.8 Å². The molecule has 4 rings (SSSR count). The van der Waals surface area contributed by atoms with Crippen molar-refractivity contribution in [3.8, 4) is 0 Å². The van der Waals surface area contributed by atoms with Crippen LogP contribution >= 0.6 is 0 Å². The average Bonchev–Trinajstić information content (AvgIpc) is 3.04. The first-order valence-electron chi connectivity index (χ1n) is 9.22. The Morgan fingerprint density at radius 1 is 1.25 bits per heavy atom. The first-order chi connectivity index (χ1) is 13.7. The third kappa shape index (κ3) is 3.66. The van der Waals surface area contributed by atoms with E-state index in [-0.39, 0.29) is 11.9 Å². The van der Waals surface area contributed by atoms with Crippen LogP contribution in [0.4, 0.5) is 21.8 Å². The zero-order valence-electron chi connectivity index (χ0n) is 15.9. The summed E-state index contributed by atoms with van der Waals surface area (Å²) in [5.41, 5.74) is 4.37. The van der Waals surface area contributed by atoms with Crippen molar-refractivity contribution in [2.75, 3.05) is 17.3 Å². The van der Waals surface area contributed by atoms with E-state index in [9.17, 15) is 4.39 Å². The highest BCUT2D eigenvalue weighted by atomic mass is 19.1. The standard InChI is InChI=1S/C21H22FN5O/c1-14-9-18-16(13-28-2)6-4-8-19(18)27(14)21-25-20(12-24-26-21)23-11-15-5-3-7-17(22)10-15/h3-8,10,12,14H,9,11,13H2,1-2H3,(H,23,25,26). The fraction of sp³-hybridized carbons (Fsp3) is 0.286. The predicted molar refractivity (Wildman–Crippen MR) is 106 cm³/mol. The molecule has 1 atom stereocenters. The minimum absolute atomic E-state index is 0.216. The molecule has 1 unspecified atom stereocenters. The number of nitrogens with one attached hydrogen (secondary N) is 1. The molecule has 0 radical (unpaired) electrons. The predicted octanol–water partition coefficient (Wildman–Crippen LogP) is 3.85. The third-order valence-corrected chi connectivity index (χ3v) is 4.87. The van der Waals surface area contributed by atoms with Gasteiger partial charge in [0.2, 0.25) is 0 Å². The number of hydrogen-bond donors (Lipinski definition) is 1. The van der Waals surface area contributed by atoms with Gasteiger partial charge < -0.3 is 15.0 Å². The van der Waals surface area contributed by atoms with E-state index in [1.54, 1.807) is 19.4 Å². The molecule has 1 aliphatic heterocycles. The van der Waals surface area contributed by atoms with Gasteiger partial charge in [0.25, 0.3) is 5.95 Å². The number of nitrogens with zero attached hydrogens (tertiary/aromatic N) is 4. The quantitative estimate of drug-likeness (QED) is 0.702. The number of anilines is 3. The first kappa shape index (κ1) is 18.3. The largest absolute Gasteiger partial charge is 0.380 e. The average molecular weight is 379 g/mol. The molecule has 3 aromatic rings. The van der Waals surface area contributed by atoms with Gasteiger partial charge in [-0.1, -0.05) is 24.3 Å². The third-order valence-electron chi connectivity index (χ3n) is 4.87. The molecule has 0 saturated heterocycles. The van der Waals surface area contributed by atoms with E-state index in [0.717, 1.165) is 17.7 Å². The first-order valence-corrected chi connectivity index (χ1v) is 9.22. The van der Waals surface area contributed by atoms with Crippen LogP contribution in [0.1, 0.15) is 23.6 Å². The number of ether oxygens (including phenoxy) is 1. The van der Waals surface area contributed by atoms with Crippen molar-refractivity contribution >= 4 is 17.5 Å². The van der Waals surface area contributed by atoms with Gasteiger partial charge in [0.1, 0.15) is 5.82 Å². The van der Waals surface area contributed by atoms with Gasteiger partial charge >= 0.3 is 0 Å². The van der Waals surface area contributed by atoms with Gasteiger partial charge in [0, 0.05) is 25.4 Å². The Morgan fingerprint density at radius 2 is 2.11 bits per heavy atom. The summed E-state index contributed by atoms with van der Waals surface area (Å²) in [6.45, 7) is 3.19. The maximum Gasteiger partial charge on any atom is 0.252 e. The van der Waals surface area contributed by atoms with Crippen LogP contribution in [0, 0.1) is 5.82 Å². The minimum atomic E-state index is -0.254. The van der Waals surface area contributed by atoms with Crippen LogP contribution in [0.3, 0.4) is 0 Å². The molecule has 0 amide bonds. The normalized spacial score (nSPS) is 15.5. The molecule has 144 valence electrons. The van der Waals surface area contributed by atoms with E-state index in [0.29, 0.717) is 24.9 Å². The second-order valence-electron chi connectivity index (χ2n) is 6.90. The highest BCUT2D eigenvalue weighted by Gasteiger charge is 2.31. The Labute approximate surface area is 163 Å². The van der Waals surface area contributed by atoms with Crippen molar-refractivity contribution in [3.63, 3.8) is 0 Å². The van der Waals surface area contributed by atoms with Crippen molar-refractivity contribution in [2.24, 2.45) is 0 Å². The highest BCUT2D eigenvalue weighted by molar-refractivity contribution is 5.69. The van der Waals surface area contributed by atoms with Crippen LogP contribution < -0.4 is 10.2 Å². The summed E-state index contributed by atoms with van der Waals surface area (Å²) in [7, 11) is 1.70. The van der Waals surface area contributed by atoms with Gasteiger partial charge in [-0.25, -0.2) is 4.39 Å². The Kier molecular flexibility index (Phi) is 5.16. The van der Waals surface area contributed by atoms with Gasteiger partial charge in [-0.15, -0.1) is 5.10 Å². The molecule has 6 nitrogen and oxygen atoms in total. The van der Waals surface area contributed by atoms with Crippen LogP contribution in [0.15, 0.2) is 48.7 Å². The van der Waals surface area contributed by atoms with E-state index >= 15 is 0 Å². The summed E-state index contributed by atoms with van der Waals surface area (Å²) >= 11 is 0. The summed E-state index contributed by atoms with van der Waals surface area (Å²) in [5.74, 6) is 0.892. The minimum Gasteiger partial charge on any atom is -0.380 e. The molecular weight excluding hydrogens is 357 g/mol. The molecule has 7 heteroatoms. The van der Waals surface area contributed by atoms with Crippen LogP contribution in [-0.4, -0.2) is 28.3 Å². The maximum atomic E-state index is 13.4. The molecule has 0 aliphatic carbocycles. The fourth-order valence-electron chi connectivity index (χ4n) is 3.62. The van der Waals surface area contributed by atoms with Crippen molar-refractivity contribution in [3.05, 3.63) is 71.2 Å². The number of benzene rings is 2. The summed E-state index contributed by atoms with van der Waals surface area (Å²) in [4.78, 5) is 6.74. The zero-order valence-corrected chi connectivity index (χ0v) is 15.9. The lowest BCUT2D eigenvalue weighted by Crippen LogP contribution is -2.26. The Morgan fingerprint density at radius 3 is 2.93 bits per heavy atom. The van der Waals surface area contributed by atoms with Crippen molar-refractivity contribution in [1.82, 2.24) is 15.2 Å².